The van der Waals surface area contributed by atoms with Crippen molar-refractivity contribution in [1.29, 1.82) is 0 Å². The molecular weight excluding hydrogens is 137 g/mol. The molecule has 0 unspecified atom stereocenters. The summed E-state index contributed by atoms with van der Waals surface area (Å²) >= 11 is 0. The summed E-state index contributed by atoms with van der Waals surface area (Å²) < 4.78 is 15.8. The van der Waals surface area contributed by atoms with Gasteiger partial charge < -0.3 is 9.84 Å². The van der Waals surface area contributed by atoms with Gasteiger partial charge in [0, 0.05) is 7.11 Å². The lowest BCUT2D eigenvalue weighted by Gasteiger charge is -2.17. The van der Waals surface area contributed by atoms with Crippen LogP contribution >= 0.6 is 7.37 Å². The molecule has 0 radical (unpaired) electrons. The molecule has 50 valence electrons. The van der Waals surface area contributed by atoms with Crippen molar-refractivity contribution in [2.45, 2.75) is 0 Å². The number of hydrogen-bond donors (Lipinski definition) is 0. The van der Waals surface area contributed by atoms with Gasteiger partial charge >= 0.3 is 0 Å². The minimum absolute atomic E-state index is 1.42. The van der Waals surface area contributed by atoms with Crippen LogP contribution in [-0.2, 0) is 9.09 Å². The molecule has 0 saturated heterocycles. The molecule has 1 aliphatic heterocycles. The van der Waals surface area contributed by atoms with Crippen molar-refractivity contribution in [3.05, 3.63) is 29.4 Å². The predicted molar refractivity (Wildman–Crippen MR) is 36.3 cm³/mol. The van der Waals surface area contributed by atoms with Crippen LogP contribution < -0.4 is 0 Å². The molecule has 0 atom stereocenters. The fourth-order valence-corrected chi connectivity index (χ4v) is 1.35. The quantitative estimate of drug-likeness (QED) is 0.529. The normalized spacial score (nSPS) is 21.4. The molecule has 1 aliphatic rings. The highest BCUT2D eigenvalue weighted by molar-refractivity contribution is 7.65. The molecule has 0 amide bonds. The van der Waals surface area contributed by atoms with Crippen LogP contribution in [-0.4, -0.2) is 7.11 Å². The lowest BCUT2D eigenvalue weighted by atomic mass is 10.9. The molecule has 0 aromatic rings. The molecule has 1 heterocycles. The van der Waals surface area contributed by atoms with E-state index in [4.69, 9.17) is 4.52 Å². The third-order valence-corrected chi connectivity index (χ3v) is 2.67. The van der Waals surface area contributed by atoms with Gasteiger partial charge in [-0.05, 0) is 11.6 Å². The van der Waals surface area contributed by atoms with Crippen molar-refractivity contribution in [2.75, 3.05) is 7.11 Å². The second-order valence-corrected chi connectivity index (χ2v) is 3.83. The van der Waals surface area contributed by atoms with Crippen LogP contribution in [0.4, 0.5) is 0 Å². The largest absolute Gasteiger partial charge is 0.670 e. The van der Waals surface area contributed by atoms with E-state index in [0.29, 0.717) is 0 Å². The van der Waals surface area contributed by atoms with Crippen LogP contribution in [0.1, 0.15) is 0 Å². The summed E-state index contributed by atoms with van der Waals surface area (Å²) in [6.07, 6.45) is 2.95. The number of hydrogen-bond acceptors (Lipinski definition) is 2. The molecule has 0 aromatic heterocycles. The molecular formula is C5H7NO2P-. The van der Waals surface area contributed by atoms with Gasteiger partial charge in [0.2, 0.25) is 7.37 Å². The molecule has 3 nitrogen and oxygen atoms in total. The summed E-state index contributed by atoms with van der Waals surface area (Å²) in [4.78, 5) is 0. The first kappa shape index (κ1) is 6.59. The van der Waals surface area contributed by atoms with E-state index in [0.717, 1.165) is 0 Å². The molecule has 4 heteroatoms. The Bertz CT molecular complexity index is 181. The van der Waals surface area contributed by atoms with Crippen molar-refractivity contribution in [3.63, 3.8) is 0 Å². The van der Waals surface area contributed by atoms with Crippen molar-refractivity contribution in [1.82, 2.24) is 0 Å². The van der Waals surface area contributed by atoms with E-state index < -0.39 is 7.37 Å². The van der Waals surface area contributed by atoms with Crippen molar-refractivity contribution in [2.24, 2.45) is 0 Å². The van der Waals surface area contributed by atoms with E-state index in [-0.39, 0.29) is 0 Å². The van der Waals surface area contributed by atoms with E-state index in [9.17, 15) is 4.57 Å². The Labute approximate surface area is 53.9 Å². The maximum Gasteiger partial charge on any atom is 0.243 e. The highest BCUT2D eigenvalue weighted by Gasteiger charge is 2.10. The molecule has 0 fully saturated rings. The summed E-state index contributed by atoms with van der Waals surface area (Å²) in [7, 11) is -1.13. The SMILES string of the molecule is COP1(=O)C=C[N-]C=C1. The van der Waals surface area contributed by atoms with Crippen molar-refractivity contribution < 1.29 is 9.09 Å². The van der Waals surface area contributed by atoms with E-state index in [1.54, 1.807) is 0 Å². The molecule has 0 spiro atoms. The van der Waals surface area contributed by atoms with Crippen LogP contribution in [0.15, 0.2) is 24.0 Å². The molecule has 0 aliphatic carbocycles. The molecule has 1 rings (SSSR count). The average Bonchev–Trinajstić information content (AvgIpc) is 1.90. The highest BCUT2D eigenvalue weighted by atomic mass is 31.2. The predicted octanol–water partition coefficient (Wildman–Crippen LogP) is 2.24. The van der Waals surface area contributed by atoms with Crippen LogP contribution in [0, 0.1) is 0 Å². The van der Waals surface area contributed by atoms with Crippen LogP contribution in [0.3, 0.4) is 0 Å². The molecule has 9 heavy (non-hydrogen) atoms. The summed E-state index contributed by atoms with van der Waals surface area (Å²) in [6, 6.07) is 0. The maximum atomic E-state index is 11.1. The third kappa shape index (κ3) is 1.44. The smallest absolute Gasteiger partial charge is 0.243 e. The first-order valence-corrected chi connectivity index (χ1v) is 4.24. The van der Waals surface area contributed by atoms with Gasteiger partial charge in [-0.2, -0.15) is 12.4 Å². The molecule has 0 N–H and O–H groups in total. The van der Waals surface area contributed by atoms with Gasteiger partial charge in [0.1, 0.15) is 0 Å². The van der Waals surface area contributed by atoms with Gasteiger partial charge in [0.15, 0.2) is 0 Å². The van der Waals surface area contributed by atoms with Gasteiger partial charge in [-0.15, -0.1) is 0 Å². The van der Waals surface area contributed by atoms with Crippen LogP contribution in [0.5, 0.6) is 0 Å². The van der Waals surface area contributed by atoms with Gasteiger partial charge in [0.25, 0.3) is 0 Å². The average molecular weight is 144 g/mol. The van der Waals surface area contributed by atoms with E-state index in [1.807, 2.05) is 0 Å². The van der Waals surface area contributed by atoms with E-state index in [2.05, 4.69) is 5.32 Å². The summed E-state index contributed by atoms with van der Waals surface area (Å²) in [6.45, 7) is 0. The summed E-state index contributed by atoms with van der Waals surface area (Å²) in [5.74, 6) is 2.93. The molecule has 0 aromatic carbocycles. The first-order chi connectivity index (χ1) is 4.27. The third-order valence-electron chi connectivity index (χ3n) is 1.01. The van der Waals surface area contributed by atoms with Crippen molar-refractivity contribution in [3.8, 4) is 0 Å². The van der Waals surface area contributed by atoms with Crippen LogP contribution in [0.25, 0.3) is 5.32 Å². The monoisotopic (exact) mass is 144 g/mol. The van der Waals surface area contributed by atoms with Gasteiger partial charge in [0.05, 0.1) is 0 Å². The number of nitrogens with zero attached hydrogens (tertiary/aromatic N) is 1. The Kier molecular flexibility index (Phi) is 1.74. The van der Waals surface area contributed by atoms with Gasteiger partial charge in [-0.25, -0.2) is 0 Å². The fourth-order valence-electron chi connectivity index (χ4n) is 0.484. The maximum absolute atomic E-state index is 11.1. The lowest BCUT2D eigenvalue weighted by Crippen LogP contribution is -1.78. The lowest BCUT2D eigenvalue weighted by molar-refractivity contribution is 0.410. The van der Waals surface area contributed by atoms with Crippen molar-refractivity contribution >= 4 is 7.37 Å². The topological polar surface area (TPSA) is 40.4 Å². The summed E-state index contributed by atoms with van der Waals surface area (Å²) in [5.41, 5.74) is 0. The Morgan fingerprint density at radius 2 is 2.00 bits per heavy atom. The minimum Gasteiger partial charge on any atom is -0.670 e. The first-order valence-electron chi connectivity index (χ1n) is 2.47. The zero-order valence-electron chi connectivity index (χ0n) is 5.02. The van der Waals surface area contributed by atoms with Gasteiger partial charge in [-0.3, -0.25) is 4.57 Å². The molecule has 0 saturated carbocycles. The Balaban J connectivity index is 2.80. The highest BCUT2D eigenvalue weighted by Crippen LogP contribution is 2.51. The second-order valence-electron chi connectivity index (χ2n) is 1.57. The van der Waals surface area contributed by atoms with Gasteiger partial charge in [-0.1, -0.05) is 0 Å². The second kappa shape index (κ2) is 2.38. The number of rotatable bonds is 1. The van der Waals surface area contributed by atoms with E-state index >= 15 is 0 Å². The molecule has 0 bridgehead atoms. The Hall–Kier alpha value is -0.530. The summed E-state index contributed by atoms with van der Waals surface area (Å²) in [5, 5.41) is 3.71. The minimum atomic E-state index is -2.55. The standard InChI is InChI=1S/C5H7NO2P/c1-8-9(7)4-2-6-3-5-9/h2-5H,1H3/q-1. The van der Waals surface area contributed by atoms with Crippen LogP contribution in [0.2, 0.25) is 0 Å². The van der Waals surface area contributed by atoms with E-state index in [1.165, 1.54) is 31.1 Å². The Morgan fingerprint density at radius 3 is 2.33 bits per heavy atom. The zero-order chi connectivity index (χ0) is 6.74. The zero-order valence-corrected chi connectivity index (χ0v) is 5.91. The Morgan fingerprint density at radius 1 is 1.44 bits per heavy atom. The fraction of sp³-hybridized carbons (Fsp3) is 0.200.